The average molecular weight is 616 g/mol. The van der Waals surface area contributed by atoms with Gasteiger partial charge in [0.25, 0.3) is 0 Å². The summed E-state index contributed by atoms with van der Waals surface area (Å²) in [5.41, 5.74) is 19.3. The van der Waals surface area contributed by atoms with Crippen molar-refractivity contribution < 1.29 is 0 Å². The highest BCUT2D eigenvalue weighted by Gasteiger charge is 2.37. The van der Waals surface area contributed by atoms with Gasteiger partial charge in [0.2, 0.25) is 0 Å². The number of hydrogen-bond donors (Lipinski definition) is 0. The molecule has 2 aliphatic rings. The van der Waals surface area contributed by atoms with Crippen LogP contribution in [0.2, 0.25) is 0 Å². The van der Waals surface area contributed by atoms with E-state index in [1.54, 1.807) is 0 Å². The molecule has 0 radical (unpaired) electrons. The Bertz CT molecular complexity index is 2330. The van der Waals surface area contributed by atoms with Crippen molar-refractivity contribution in [2.75, 3.05) is 4.90 Å². The van der Waals surface area contributed by atoms with Crippen molar-refractivity contribution in [2.45, 2.75) is 32.1 Å². The molecule has 1 atom stereocenters. The van der Waals surface area contributed by atoms with E-state index in [0.29, 0.717) is 0 Å². The number of hydrogen-bond acceptors (Lipinski definition) is 1. The summed E-state index contributed by atoms with van der Waals surface area (Å²) in [6, 6.07) is 60.6. The Morgan fingerprint density at radius 3 is 1.81 bits per heavy atom. The Hall–Kier alpha value is -5.66. The van der Waals surface area contributed by atoms with Crippen LogP contribution in [0.4, 0.5) is 17.1 Å². The molecule has 0 aromatic heterocycles. The second-order valence-electron chi connectivity index (χ2n) is 13.8. The van der Waals surface area contributed by atoms with Crippen LogP contribution >= 0.6 is 0 Å². The molecule has 9 rings (SSSR count). The molecule has 1 unspecified atom stereocenters. The molecule has 1 aliphatic heterocycles. The predicted molar refractivity (Wildman–Crippen MR) is 202 cm³/mol. The zero-order valence-corrected chi connectivity index (χ0v) is 27.6. The molecule has 7 aromatic rings. The molecule has 1 aliphatic carbocycles. The van der Waals surface area contributed by atoms with Crippen LogP contribution in [0.1, 0.15) is 53.1 Å². The summed E-state index contributed by atoms with van der Waals surface area (Å²) >= 11 is 0. The average Bonchev–Trinajstić information content (AvgIpc) is 3.47. The maximum atomic E-state index is 2.48. The molecule has 0 bridgehead atoms. The van der Waals surface area contributed by atoms with Crippen molar-refractivity contribution in [3.05, 3.63) is 197 Å². The molecule has 0 N–H and O–H groups in total. The van der Waals surface area contributed by atoms with E-state index >= 15 is 0 Å². The summed E-state index contributed by atoms with van der Waals surface area (Å²) in [4.78, 5) is 2.48. The Morgan fingerprint density at radius 2 is 1.02 bits per heavy atom. The Balaban J connectivity index is 1.18. The summed E-state index contributed by atoms with van der Waals surface area (Å²) in [7, 11) is 0. The van der Waals surface area contributed by atoms with Gasteiger partial charge < -0.3 is 4.90 Å². The highest BCUT2D eigenvalue weighted by atomic mass is 15.2. The van der Waals surface area contributed by atoms with Gasteiger partial charge in [-0.3, -0.25) is 0 Å². The third kappa shape index (κ3) is 4.38. The van der Waals surface area contributed by atoms with Crippen LogP contribution in [0.5, 0.6) is 0 Å². The number of benzene rings is 7. The molecular formula is C47H37N. The molecule has 7 aromatic carbocycles. The molecule has 0 spiro atoms. The monoisotopic (exact) mass is 615 g/mol. The van der Waals surface area contributed by atoms with Crippen molar-refractivity contribution in [2.24, 2.45) is 0 Å². The van der Waals surface area contributed by atoms with Gasteiger partial charge in [-0.1, -0.05) is 141 Å². The third-order valence-electron chi connectivity index (χ3n) is 10.7. The molecule has 48 heavy (non-hydrogen) atoms. The largest absolute Gasteiger partial charge is 0.310 e. The summed E-state index contributed by atoms with van der Waals surface area (Å²) in [6.07, 6.45) is 0. The molecule has 1 nitrogen and oxygen atoms in total. The first-order valence-corrected chi connectivity index (χ1v) is 17.0. The highest BCUT2D eigenvalue weighted by Crippen LogP contribution is 2.54. The third-order valence-corrected chi connectivity index (χ3v) is 10.7. The maximum Gasteiger partial charge on any atom is 0.0503 e. The molecular weight excluding hydrogens is 579 g/mol. The first-order valence-electron chi connectivity index (χ1n) is 17.0. The standard InChI is InChI=1S/C47H37N/c1-31-28-34(32-14-6-4-7-15-32)23-26-43(31)48-44-21-13-12-20-41(44)47(2,3)42-30-36(24-27-45(42)48)35-22-25-38-37-18-10-11-19-39(37)46(40(38)29-35)33-16-8-5-9-17-33/h4-30,46H,1-3H3. The molecule has 1 heteroatoms. The number of aryl methyl sites for hydroxylation is 1. The van der Waals surface area contributed by atoms with E-state index in [4.69, 9.17) is 0 Å². The van der Waals surface area contributed by atoms with Crippen LogP contribution in [0.25, 0.3) is 33.4 Å². The number of anilines is 3. The van der Waals surface area contributed by atoms with Gasteiger partial charge in [0.15, 0.2) is 0 Å². The van der Waals surface area contributed by atoms with Crippen LogP contribution in [0.3, 0.4) is 0 Å². The lowest BCUT2D eigenvalue weighted by Crippen LogP contribution is -2.30. The molecule has 1 heterocycles. The Labute approximate surface area is 283 Å². The number of para-hydroxylation sites is 1. The summed E-state index contributed by atoms with van der Waals surface area (Å²) < 4.78 is 0. The number of fused-ring (bicyclic) bond motifs is 5. The fourth-order valence-electron chi connectivity index (χ4n) is 8.25. The van der Waals surface area contributed by atoms with Crippen molar-refractivity contribution >= 4 is 17.1 Å². The van der Waals surface area contributed by atoms with Gasteiger partial charge in [-0.15, -0.1) is 0 Å². The fourth-order valence-corrected chi connectivity index (χ4v) is 8.25. The van der Waals surface area contributed by atoms with E-state index in [2.05, 4.69) is 189 Å². The van der Waals surface area contributed by atoms with Crippen molar-refractivity contribution in [3.63, 3.8) is 0 Å². The molecule has 0 saturated carbocycles. The Morgan fingerprint density at radius 1 is 0.438 bits per heavy atom. The van der Waals surface area contributed by atoms with E-state index in [-0.39, 0.29) is 11.3 Å². The normalized spacial score (nSPS) is 15.3. The minimum Gasteiger partial charge on any atom is -0.310 e. The SMILES string of the molecule is Cc1cc(-c2ccccc2)ccc1N1c2ccccc2C(C)(C)c2cc(-c3ccc4c(c3)C(c3ccccc3)c3ccccc3-4)ccc21. The molecule has 0 saturated heterocycles. The lowest BCUT2D eigenvalue weighted by molar-refractivity contribution is 0.632. The number of rotatable bonds is 4. The zero-order chi connectivity index (χ0) is 32.4. The molecule has 0 fully saturated rings. The smallest absolute Gasteiger partial charge is 0.0503 e. The van der Waals surface area contributed by atoms with Gasteiger partial charge in [-0.05, 0) is 110 Å². The van der Waals surface area contributed by atoms with Crippen molar-refractivity contribution in [3.8, 4) is 33.4 Å². The van der Waals surface area contributed by atoms with Crippen LogP contribution in [0, 0.1) is 6.92 Å². The lowest BCUT2D eigenvalue weighted by Gasteiger charge is -2.42. The van der Waals surface area contributed by atoms with Crippen LogP contribution in [0.15, 0.2) is 164 Å². The van der Waals surface area contributed by atoms with Gasteiger partial charge in [0.1, 0.15) is 0 Å². The van der Waals surface area contributed by atoms with E-state index < -0.39 is 0 Å². The summed E-state index contributed by atoms with van der Waals surface area (Å²) in [6.45, 7) is 6.99. The van der Waals surface area contributed by atoms with Crippen LogP contribution in [-0.2, 0) is 5.41 Å². The maximum absolute atomic E-state index is 2.48. The van der Waals surface area contributed by atoms with Crippen molar-refractivity contribution in [1.29, 1.82) is 0 Å². The second-order valence-corrected chi connectivity index (χ2v) is 13.8. The molecule has 0 amide bonds. The second kappa shape index (κ2) is 11.0. The Kier molecular flexibility index (Phi) is 6.52. The van der Waals surface area contributed by atoms with Crippen LogP contribution < -0.4 is 4.90 Å². The van der Waals surface area contributed by atoms with Gasteiger partial charge in [-0.25, -0.2) is 0 Å². The minimum absolute atomic E-state index is 0.171. The zero-order valence-electron chi connectivity index (χ0n) is 27.6. The lowest BCUT2D eigenvalue weighted by atomic mass is 9.72. The summed E-state index contributed by atoms with van der Waals surface area (Å²) in [5, 5.41) is 0. The first-order chi connectivity index (χ1) is 23.5. The quantitative estimate of drug-likeness (QED) is 0.190. The number of nitrogens with zero attached hydrogens (tertiary/aromatic N) is 1. The first kappa shape index (κ1) is 28.6. The van der Waals surface area contributed by atoms with Gasteiger partial charge >= 0.3 is 0 Å². The van der Waals surface area contributed by atoms with E-state index in [9.17, 15) is 0 Å². The topological polar surface area (TPSA) is 3.24 Å². The van der Waals surface area contributed by atoms with Crippen molar-refractivity contribution in [1.82, 2.24) is 0 Å². The highest BCUT2D eigenvalue weighted by molar-refractivity contribution is 5.90. The molecule has 230 valence electrons. The minimum atomic E-state index is -0.171. The van der Waals surface area contributed by atoms with E-state index in [0.717, 1.165) is 0 Å². The van der Waals surface area contributed by atoms with Gasteiger partial charge in [-0.2, -0.15) is 0 Å². The van der Waals surface area contributed by atoms with Gasteiger partial charge in [0, 0.05) is 17.0 Å². The van der Waals surface area contributed by atoms with Gasteiger partial charge in [0.05, 0.1) is 11.4 Å². The van der Waals surface area contributed by atoms with E-state index in [1.807, 2.05) is 0 Å². The van der Waals surface area contributed by atoms with Crippen LogP contribution in [-0.4, -0.2) is 0 Å². The van der Waals surface area contributed by atoms with E-state index in [1.165, 1.54) is 83.8 Å². The fraction of sp³-hybridized carbons (Fsp3) is 0.106. The predicted octanol–water partition coefficient (Wildman–Crippen LogP) is 12.6. The summed E-state index contributed by atoms with van der Waals surface area (Å²) in [5.74, 6) is 0.232.